The van der Waals surface area contributed by atoms with Crippen molar-refractivity contribution in [3.05, 3.63) is 50.9 Å². The Labute approximate surface area is 108 Å². The van der Waals surface area contributed by atoms with Crippen LogP contribution in [0.15, 0.2) is 45.4 Å². The van der Waals surface area contributed by atoms with Crippen LogP contribution in [0.3, 0.4) is 0 Å². The summed E-state index contributed by atoms with van der Waals surface area (Å²) in [6.45, 7) is 0. The van der Waals surface area contributed by atoms with E-state index < -0.39 is 0 Å². The van der Waals surface area contributed by atoms with Gasteiger partial charge in [0.2, 0.25) is 0 Å². The standard InChI is InChI=1S/C13H11IS/c1-15-13(14)9-10-6-7-11-4-2-3-5-12(11)8-10/h2-9H,1H3. The Morgan fingerprint density at radius 2 is 1.87 bits per heavy atom. The van der Waals surface area contributed by atoms with Gasteiger partial charge in [-0.3, -0.25) is 0 Å². The monoisotopic (exact) mass is 326 g/mol. The number of fused-ring (bicyclic) bond motifs is 1. The van der Waals surface area contributed by atoms with Crippen LogP contribution in [0.4, 0.5) is 0 Å². The Kier molecular flexibility index (Phi) is 3.70. The lowest BCUT2D eigenvalue weighted by Gasteiger charge is -2.00. The third-order valence-corrected chi connectivity index (χ3v) is 4.39. The minimum absolute atomic E-state index is 1.27. The molecule has 0 aliphatic carbocycles. The zero-order valence-electron chi connectivity index (χ0n) is 8.41. The second kappa shape index (κ2) is 5.03. The van der Waals surface area contributed by atoms with Gasteiger partial charge < -0.3 is 0 Å². The minimum atomic E-state index is 1.27. The Morgan fingerprint density at radius 3 is 2.60 bits per heavy atom. The summed E-state index contributed by atoms with van der Waals surface area (Å²) in [5.41, 5.74) is 1.27. The first-order valence-electron chi connectivity index (χ1n) is 4.69. The van der Waals surface area contributed by atoms with Crippen LogP contribution in [0.25, 0.3) is 16.8 Å². The van der Waals surface area contributed by atoms with Gasteiger partial charge in [0, 0.05) is 2.91 Å². The minimum Gasteiger partial charge on any atom is -0.123 e. The lowest BCUT2D eigenvalue weighted by Crippen LogP contribution is -1.75. The molecule has 0 saturated carbocycles. The molecule has 2 heteroatoms. The number of halogens is 1. The van der Waals surface area contributed by atoms with E-state index in [1.165, 1.54) is 19.2 Å². The molecule has 15 heavy (non-hydrogen) atoms. The van der Waals surface area contributed by atoms with Gasteiger partial charge in [0.1, 0.15) is 0 Å². The van der Waals surface area contributed by atoms with Crippen LogP contribution in [0.2, 0.25) is 0 Å². The Balaban J connectivity index is 2.47. The summed E-state index contributed by atoms with van der Waals surface area (Å²) in [5, 5.41) is 2.60. The average Bonchev–Trinajstić information content (AvgIpc) is 2.29. The van der Waals surface area contributed by atoms with Crippen LogP contribution >= 0.6 is 34.4 Å². The highest BCUT2D eigenvalue weighted by molar-refractivity contribution is 14.1. The third-order valence-electron chi connectivity index (χ3n) is 2.25. The van der Waals surface area contributed by atoms with E-state index in [4.69, 9.17) is 0 Å². The molecular weight excluding hydrogens is 315 g/mol. The van der Waals surface area contributed by atoms with Gasteiger partial charge in [-0.15, -0.1) is 11.8 Å². The number of hydrogen-bond acceptors (Lipinski definition) is 1. The van der Waals surface area contributed by atoms with E-state index in [0.717, 1.165) is 0 Å². The fourth-order valence-electron chi connectivity index (χ4n) is 1.49. The highest BCUT2D eigenvalue weighted by Crippen LogP contribution is 2.24. The third kappa shape index (κ3) is 2.75. The van der Waals surface area contributed by atoms with Crippen molar-refractivity contribution in [3.63, 3.8) is 0 Å². The molecule has 0 radical (unpaired) electrons. The SMILES string of the molecule is CSC(I)=Cc1ccc2ccccc2c1. The maximum absolute atomic E-state index is 2.36. The first kappa shape index (κ1) is 11.0. The summed E-state index contributed by atoms with van der Waals surface area (Å²) in [5.74, 6) is 0. The van der Waals surface area contributed by atoms with Gasteiger partial charge in [-0.25, -0.2) is 0 Å². The molecule has 0 heterocycles. The van der Waals surface area contributed by atoms with Crippen molar-refractivity contribution in [1.29, 1.82) is 0 Å². The molecule has 0 fully saturated rings. The van der Waals surface area contributed by atoms with Crippen LogP contribution in [0.1, 0.15) is 5.56 Å². The topological polar surface area (TPSA) is 0 Å². The quantitative estimate of drug-likeness (QED) is 0.705. The molecule has 0 aliphatic heterocycles. The van der Waals surface area contributed by atoms with E-state index in [0.29, 0.717) is 0 Å². The largest absolute Gasteiger partial charge is 0.123 e. The summed E-state index contributed by atoms with van der Waals surface area (Å²) < 4.78 is 1.31. The van der Waals surface area contributed by atoms with E-state index in [2.05, 4.69) is 77.4 Å². The highest BCUT2D eigenvalue weighted by Gasteiger charge is 1.94. The Hall–Kier alpha value is -0.480. The molecule has 76 valence electrons. The zero-order chi connectivity index (χ0) is 10.7. The first-order chi connectivity index (χ1) is 7.29. The van der Waals surface area contributed by atoms with Crippen molar-refractivity contribution in [2.45, 2.75) is 0 Å². The second-order valence-electron chi connectivity index (χ2n) is 3.26. The van der Waals surface area contributed by atoms with Crippen LogP contribution in [-0.2, 0) is 0 Å². The number of benzene rings is 2. The van der Waals surface area contributed by atoms with Crippen LogP contribution in [0.5, 0.6) is 0 Å². The van der Waals surface area contributed by atoms with Crippen molar-refractivity contribution < 1.29 is 0 Å². The van der Waals surface area contributed by atoms with Crippen molar-refractivity contribution >= 4 is 51.2 Å². The van der Waals surface area contributed by atoms with E-state index in [9.17, 15) is 0 Å². The molecular formula is C13H11IS. The van der Waals surface area contributed by atoms with Crippen LogP contribution < -0.4 is 0 Å². The summed E-state index contributed by atoms with van der Waals surface area (Å²) in [6.07, 6.45) is 4.30. The Bertz CT molecular complexity index is 503. The molecule has 0 spiro atoms. The van der Waals surface area contributed by atoms with E-state index in [1.54, 1.807) is 11.8 Å². The van der Waals surface area contributed by atoms with Gasteiger partial charge in [-0.2, -0.15) is 0 Å². The summed E-state index contributed by atoms with van der Waals surface area (Å²) in [4.78, 5) is 0. The normalized spacial score (nSPS) is 12.0. The second-order valence-corrected chi connectivity index (χ2v) is 6.00. The average molecular weight is 326 g/mol. The van der Waals surface area contributed by atoms with Gasteiger partial charge in [-0.05, 0) is 57.3 Å². The predicted octanol–water partition coefficient (Wildman–Crippen LogP) is 4.94. The molecule has 0 bridgehead atoms. The zero-order valence-corrected chi connectivity index (χ0v) is 11.4. The van der Waals surface area contributed by atoms with Gasteiger partial charge in [-0.1, -0.05) is 36.4 Å². The predicted molar refractivity (Wildman–Crippen MR) is 79.5 cm³/mol. The van der Waals surface area contributed by atoms with E-state index >= 15 is 0 Å². The molecule has 2 aromatic carbocycles. The van der Waals surface area contributed by atoms with Crippen LogP contribution in [0, 0.1) is 0 Å². The molecule has 0 nitrogen and oxygen atoms in total. The molecule has 2 rings (SSSR count). The molecule has 0 atom stereocenters. The van der Waals surface area contributed by atoms with E-state index in [-0.39, 0.29) is 0 Å². The van der Waals surface area contributed by atoms with Gasteiger partial charge in [0.25, 0.3) is 0 Å². The van der Waals surface area contributed by atoms with Gasteiger partial charge in [0.05, 0.1) is 0 Å². The number of rotatable bonds is 2. The highest BCUT2D eigenvalue weighted by atomic mass is 127. The summed E-state index contributed by atoms with van der Waals surface area (Å²) >= 11 is 4.13. The van der Waals surface area contributed by atoms with Crippen molar-refractivity contribution in [1.82, 2.24) is 0 Å². The molecule has 0 aliphatic rings. The fourth-order valence-corrected chi connectivity index (χ4v) is 2.10. The fraction of sp³-hybridized carbons (Fsp3) is 0.0769. The number of thioether (sulfide) groups is 1. The molecule has 0 unspecified atom stereocenters. The molecule has 0 N–H and O–H groups in total. The van der Waals surface area contributed by atoms with Gasteiger partial charge in [0.15, 0.2) is 0 Å². The summed E-state index contributed by atoms with van der Waals surface area (Å²) in [7, 11) is 0. The smallest absolute Gasteiger partial charge is 0.0460 e. The van der Waals surface area contributed by atoms with Gasteiger partial charge >= 0.3 is 0 Å². The Morgan fingerprint density at radius 1 is 1.13 bits per heavy atom. The van der Waals surface area contributed by atoms with Crippen molar-refractivity contribution in [3.8, 4) is 0 Å². The molecule has 0 saturated heterocycles. The van der Waals surface area contributed by atoms with Crippen molar-refractivity contribution in [2.24, 2.45) is 0 Å². The lowest BCUT2D eigenvalue weighted by atomic mass is 10.1. The molecule has 2 aromatic rings. The van der Waals surface area contributed by atoms with Crippen molar-refractivity contribution in [2.75, 3.05) is 6.26 Å². The van der Waals surface area contributed by atoms with E-state index in [1.807, 2.05) is 0 Å². The van der Waals surface area contributed by atoms with Crippen LogP contribution in [-0.4, -0.2) is 6.26 Å². The lowest BCUT2D eigenvalue weighted by molar-refractivity contribution is 1.71. The molecule has 0 amide bonds. The molecule has 0 aromatic heterocycles. The summed E-state index contributed by atoms with van der Waals surface area (Å²) in [6, 6.07) is 15.0. The first-order valence-corrected chi connectivity index (χ1v) is 7.00. The maximum atomic E-state index is 2.36. The number of hydrogen-bond donors (Lipinski definition) is 0. The maximum Gasteiger partial charge on any atom is 0.0460 e.